The van der Waals surface area contributed by atoms with Crippen molar-refractivity contribution in [1.82, 2.24) is 10.2 Å². The number of carbonyl (C=O) groups is 1. The van der Waals surface area contributed by atoms with E-state index in [0.717, 1.165) is 29.5 Å². The molecule has 2 rings (SSSR count). The van der Waals surface area contributed by atoms with E-state index in [4.69, 9.17) is 17.3 Å². The SMILES string of the molecule is NC(=O)C1CNCCN1Cc1cc(Cl)cs1. The van der Waals surface area contributed by atoms with Crippen LogP contribution in [0, 0.1) is 0 Å². The summed E-state index contributed by atoms with van der Waals surface area (Å²) in [7, 11) is 0. The number of halogens is 1. The van der Waals surface area contributed by atoms with Crippen molar-refractivity contribution in [3.8, 4) is 0 Å². The van der Waals surface area contributed by atoms with Crippen LogP contribution < -0.4 is 11.1 Å². The molecule has 1 aromatic rings. The molecule has 1 aliphatic rings. The molecule has 3 N–H and O–H groups in total. The van der Waals surface area contributed by atoms with Gasteiger partial charge in [-0.05, 0) is 6.07 Å². The van der Waals surface area contributed by atoms with E-state index in [1.807, 2.05) is 11.4 Å². The first-order chi connectivity index (χ1) is 7.66. The second kappa shape index (κ2) is 5.14. The summed E-state index contributed by atoms with van der Waals surface area (Å²) in [5.41, 5.74) is 5.37. The topological polar surface area (TPSA) is 58.4 Å². The Hall–Kier alpha value is -0.620. The summed E-state index contributed by atoms with van der Waals surface area (Å²) in [6.07, 6.45) is 0. The van der Waals surface area contributed by atoms with Gasteiger partial charge in [-0.2, -0.15) is 0 Å². The highest BCUT2D eigenvalue weighted by atomic mass is 35.5. The van der Waals surface area contributed by atoms with Gasteiger partial charge in [-0.25, -0.2) is 0 Å². The van der Waals surface area contributed by atoms with Gasteiger partial charge in [0.25, 0.3) is 0 Å². The Labute approximate surface area is 103 Å². The predicted octanol–water partition coefficient (Wildman–Crippen LogP) is 0.661. The zero-order chi connectivity index (χ0) is 11.5. The second-order valence-electron chi connectivity index (χ2n) is 3.82. The van der Waals surface area contributed by atoms with Gasteiger partial charge >= 0.3 is 0 Å². The van der Waals surface area contributed by atoms with E-state index in [-0.39, 0.29) is 11.9 Å². The molecule has 4 nitrogen and oxygen atoms in total. The molecule has 2 heterocycles. The minimum atomic E-state index is -0.269. The molecule has 16 heavy (non-hydrogen) atoms. The van der Waals surface area contributed by atoms with Crippen molar-refractivity contribution >= 4 is 28.8 Å². The van der Waals surface area contributed by atoms with Gasteiger partial charge in [0.2, 0.25) is 5.91 Å². The second-order valence-corrected chi connectivity index (χ2v) is 5.26. The number of nitrogens with two attached hydrogens (primary N) is 1. The highest BCUT2D eigenvalue weighted by Gasteiger charge is 2.26. The Kier molecular flexibility index (Phi) is 3.81. The summed E-state index contributed by atoms with van der Waals surface area (Å²) in [5.74, 6) is -0.269. The largest absolute Gasteiger partial charge is 0.368 e. The zero-order valence-electron chi connectivity index (χ0n) is 8.78. The monoisotopic (exact) mass is 259 g/mol. The number of nitrogens with zero attached hydrogens (tertiary/aromatic N) is 1. The molecule has 88 valence electrons. The highest BCUT2D eigenvalue weighted by molar-refractivity contribution is 7.10. The van der Waals surface area contributed by atoms with Crippen molar-refractivity contribution in [3.05, 3.63) is 21.3 Å². The van der Waals surface area contributed by atoms with Crippen LogP contribution in [0.5, 0.6) is 0 Å². The van der Waals surface area contributed by atoms with E-state index in [1.165, 1.54) is 0 Å². The lowest BCUT2D eigenvalue weighted by atomic mass is 10.2. The number of amides is 1. The molecule has 0 aliphatic carbocycles. The molecule has 1 aliphatic heterocycles. The fourth-order valence-electron chi connectivity index (χ4n) is 1.85. The van der Waals surface area contributed by atoms with Crippen molar-refractivity contribution in [2.45, 2.75) is 12.6 Å². The molecule has 0 bridgehead atoms. The van der Waals surface area contributed by atoms with Gasteiger partial charge in [0, 0.05) is 36.4 Å². The van der Waals surface area contributed by atoms with Crippen LogP contribution in [0.25, 0.3) is 0 Å². The van der Waals surface area contributed by atoms with Gasteiger partial charge in [0.15, 0.2) is 0 Å². The third-order valence-electron chi connectivity index (χ3n) is 2.66. The van der Waals surface area contributed by atoms with E-state index in [9.17, 15) is 4.79 Å². The fourth-order valence-corrected chi connectivity index (χ4v) is 2.95. The molecule has 1 aromatic heterocycles. The summed E-state index contributed by atoms with van der Waals surface area (Å²) >= 11 is 7.48. The Morgan fingerprint density at radius 1 is 1.75 bits per heavy atom. The minimum Gasteiger partial charge on any atom is -0.368 e. The Morgan fingerprint density at radius 2 is 2.56 bits per heavy atom. The lowest BCUT2D eigenvalue weighted by Gasteiger charge is -2.33. The van der Waals surface area contributed by atoms with Gasteiger partial charge < -0.3 is 11.1 Å². The summed E-state index contributed by atoms with van der Waals surface area (Å²) in [5, 5.41) is 5.83. The average molecular weight is 260 g/mol. The average Bonchev–Trinajstić information content (AvgIpc) is 2.64. The first-order valence-electron chi connectivity index (χ1n) is 5.14. The number of hydrogen-bond donors (Lipinski definition) is 2. The molecule has 1 fully saturated rings. The predicted molar refractivity (Wildman–Crippen MR) is 65.6 cm³/mol. The maximum atomic E-state index is 11.3. The lowest BCUT2D eigenvalue weighted by Crippen LogP contribution is -2.56. The smallest absolute Gasteiger partial charge is 0.236 e. The van der Waals surface area contributed by atoms with Crippen LogP contribution in [-0.4, -0.2) is 36.5 Å². The van der Waals surface area contributed by atoms with E-state index in [1.54, 1.807) is 11.3 Å². The van der Waals surface area contributed by atoms with Gasteiger partial charge in [-0.15, -0.1) is 11.3 Å². The van der Waals surface area contributed by atoms with Gasteiger partial charge in [0.05, 0.1) is 5.02 Å². The lowest BCUT2D eigenvalue weighted by molar-refractivity contribution is -0.124. The number of hydrogen-bond acceptors (Lipinski definition) is 4. The van der Waals surface area contributed by atoms with E-state index < -0.39 is 0 Å². The van der Waals surface area contributed by atoms with Crippen molar-refractivity contribution in [2.75, 3.05) is 19.6 Å². The molecular weight excluding hydrogens is 246 g/mol. The summed E-state index contributed by atoms with van der Waals surface area (Å²) in [4.78, 5) is 14.5. The summed E-state index contributed by atoms with van der Waals surface area (Å²) in [6, 6.07) is 1.72. The maximum absolute atomic E-state index is 11.3. The number of thiophene rings is 1. The molecule has 1 amide bonds. The standard InChI is InChI=1S/C10H14ClN3OS/c11-7-3-8(16-6-7)5-14-2-1-13-4-9(14)10(12)15/h3,6,9,13H,1-2,4-5H2,(H2,12,15). The van der Waals surface area contributed by atoms with Crippen molar-refractivity contribution in [1.29, 1.82) is 0 Å². The molecule has 0 saturated carbocycles. The highest BCUT2D eigenvalue weighted by Crippen LogP contribution is 2.21. The third-order valence-corrected chi connectivity index (χ3v) is 3.93. The van der Waals surface area contributed by atoms with Crippen LogP contribution in [0.1, 0.15) is 4.88 Å². The zero-order valence-corrected chi connectivity index (χ0v) is 10.4. The number of carbonyl (C=O) groups excluding carboxylic acids is 1. The fraction of sp³-hybridized carbons (Fsp3) is 0.500. The molecular formula is C10H14ClN3OS. The van der Waals surface area contributed by atoms with Crippen molar-refractivity contribution in [3.63, 3.8) is 0 Å². The summed E-state index contributed by atoms with van der Waals surface area (Å²) in [6.45, 7) is 3.10. The third kappa shape index (κ3) is 2.74. The number of primary amides is 1. The first-order valence-corrected chi connectivity index (χ1v) is 6.39. The molecule has 0 radical (unpaired) electrons. The minimum absolute atomic E-state index is 0.213. The van der Waals surface area contributed by atoms with Crippen LogP contribution in [0.3, 0.4) is 0 Å². The van der Waals surface area contributed by atoms with Crippen LogP contribution in [0.15, 0.2) is 11.4 Å². The summed E-state index contributed by atoms with van der Waals surface area (Å²) < 4.78 is 0. The molecule has 1 saturated heterocycles. The van der Waals surface area contributed by atoms with E-state index in [0.29, 0.717) is 6.54 Å². The Morgan fingerprint density at radius 3 is 3.19 bits per heavy atom. The number of piperazine rings is 1. The number of rotatable bonds is 3. The molecule has 1 atom stereocenters. The van der Waals surface area contributed by atoms with Crippen LogP contribution in [-0.2, 0) is 11.3 Å². The molecule has 6 heteroatoms. The molecule has 0 aromatic carbocycles. The van der Waals surface area contributed by atoms with Crippen LogP contribution in [0.4, 0.5) is 0 Å². The first kappa shape index (κ1) is 11.9. The Bertz CT molecular complexity index is 382. The van der Waals surface area contributed by atoms with Crippen LogP contribution in [0.2, 0.25) is 5.02 Å². The quantitative estimate of drug-likeness (QED) is 0.839. The normalized spacial score (nSPS) is 22.2. The van der Waals surface area contributed by atoms with E-state index >= 15 is 0 Å². The van der Waals surface area contributed by atoms with Crippen LogP contribution >= 0.6 is 22.9 Å². The van der Waals surface area contributed by atoms with Crippen molar-refractivity contribution in [2.24, 2.45) is 5.73 Å². The van der Waals surface area contributed by atoms with E-state index in [2.05, 4.69) is 10.2 Å². The maximum Gasteiger partial charge on any atom is 0.236 e. The van der Waals surface area contributed by atoms with Gasteiger partial charge in [0.1, 0.15) is 6.04 Å². The van der Waals surface area contributed by atoms with Gasteiger partial charge in [-0.3, -0.25) is 9.69 Å². The Balaban J connectivity index is 2.03. The van der Waals surface area contributed by atoms with Gasteiger partial charge in [-0.1, -0.05) is 11.6 Å². The van der Waals surface area contributed by atoms with Crippen molar-refractivity contribution < 1.29 is 4.79 Å². The molecule has 1 unspecified atom stereocenters. The molecule has 0 spiro atoms. The number of nitrogens with one attached hydrogen (secondary N) is 1.